The number of guanidine groups is 1. The average molecular weight is 185 g/mol. The van der Waals surface area contributed by atoms with Crippen molar-refractivity contribution in [1.29, 1.82) is 0 Å². The third-order valence-electron chi connectivity index (χ3n) is 1.10. The van der Waals surface area contributed by atoms with Gasteiger partial charge in [-0.2, -0.15) is 13.2 Å². The van der Waals surface area contributed by atoms with Crippen molar-refractivity contribution in [3.05, 3.63) is 0 Å². The first-order valence-electron chi connectivity index (χ1n) is 3.09. The number of rotatable bonds is 2. The van der Waals surface area contributed by atoms with E-state index >= 15 is 0 Å². The van der Waals surface area contributed by atoms with Gasteiger partial charge in [-0.1, -0.05) is 0 Å². The standard InChI is InChI=1S/C5H10F3N3O/c1-10-4(9)11-2-3(12)5(6,7)8/h3,12H,2H2,1H3,(H3,9,10,11)/t3-/m0/s1. The Balaban J connectivity index is 3.80. The summed E-state index contributed by atoms with van der Waals surface area (Å²) in [6, 6.07) is 0. The molecule has 0 heterocycles. The maximum absolute atomic E-state index is 11.6. The molecule has 4 N–H and O–H groups in total. The Hall–Kier alpha value is -0.980. The molecule has 1 atom stereocenters. The predicted molar refractivity (Wildman–Crippen MR) is 37.6 cm³/mol. The highest BCUT2D eigenvalue weighted by molar-refractivity contribution is 5.77. The van der Waals surface area contributed by atoms with Crippen LogP contribution in [0.4, 0.5) is 13.2 Å². The first-order valence-corrected chi connectivity index (χ1v) is 3.09. The topological polar surface area (TPSA) is 70.6 Å². The number of aliphatic imine (C=N–C) groups is 1. The van der Waals surface area contributed by atoms with Crippen LogP contribution in [0.5, 0.6) is 0 Å². The van der Waals surface area contributed by atoms with E-state index in [4.69, 9.17) is 10.8 Å². The third kappa shape index (κ3) is 4.02. The van der Waals surface area contributed by atoms with Crippen LogP contribution in [-0.4, -0.2) is 36.9 Å². The Morgan fingerprint density at radius 2 is 2.17 bits per heavy atom. The number of hydrogen-bond acceptors (Lipinski definition) is 2. The van der Waals surface area contributed by atoms with Gasteiger partial charge in [0.2, 0.25) is 0 Å². The molecule has 0 aliphatic carbocycles. The van der Waals surface area contributed by atoms with Crippen molar-refractivity contribution in [3.63, 3.8) is 0 Å². The third-order valence-corrected chi connectivity index (χ3v) is 1.10. The van der Waals surface area contributed by atoms with E-state index in [1.54, 1.807) is 0 Å². The molecule has 0 bridgehead atoms. The Morgan fingerprint density at radius 1 is 1.67 bits per heavy atom. The molecular weight excluding hydrogens is 175 g/mol. The lowest BCUT2D eigenvalue weighted by Gasteiger charge is -2.14. The number of hydrogen-bond donors (Lipinski definition) is 3. The SMILES string of the molecule is CN=C(N)NC[C@H](O)C(F)(F)F. The van der Waals surface area contributed by atoms with Gasteiger partial charge in [-0.3, -0.25) is 4.99 Å². The molecule has 12 heavy (non-hydrogen) atoms. The molecule has 0 fully saturated rings. The number of alkyl halides is 3. The van der Waals surface area contributed by atoms with E-state index in [0.717, 1.165) is 0 Å². The second kappa shape index (κ2) is 4.15. The largest absolute Gasteiger partial charge is 0.416 e. The van der Waals surface area contributed by atoms with Gasteiger partial charge in [0.15, 0.2) is 12.1 Å². The van der Waals surface area contributed by atoms with Crippen LogP contribution >= 0.6 is 0 Å². The van der Waals surface area contributed by atoms with Crippen molar-refractivity contribution in [2.45, 2.75) is 12.3 Å². The zero-order valence-electron chi connectivity index (χ0n) is 6.39. The molecule has 0 radical (unpaired) electrons. The van der Waals surface area contributed by atoms with Gasteiger partial charge in [0, 0.05) is 7.05 Å². The molecule has 0 spiro atoms. The van der Waals surface area contributed by atoms with Gasteiger partial charge >= 0.3 is 6.18 Å². The Kier molecular flexibility index (Phi) is 3.81. The van der Waals surface area contributed by atoms with Crippen LogP contribution in [0, 0.1) is 0 Å². The molecule has 72 valence electrons. The minimum absolute atomic E-state index is 0.140. The van der Waals surface area contributed by atoms with Crippen molar-refractivity contribution in [2.75, 3.05) is 13.6 Å². The smallest absolute Gasteiger partial charge is 0.382 e. The van der Waals surface area contributed by atoms with E-state index in [0.29, 0.717) is 0 Å². The number of nitrogens with one attached hydrogen (secondary N) is 1. The van der Waals surface area contributed by atoms with Crippen LogP contribution in [0.25, 0.3) is 0 Å². The lowest BCUT2D eigenvalue weighted by Crippen LogP contribution is -2.43. The van der Waals surface area contributed by atoms with Crippen LogP contribution in [-0.2, 0) is 0 Å². The highest BCUT2D eigenvalue weighted by Gasteiger charge is 2.37. The predicted octanol–water partition coefficient (Wildman–Crippen LogP) is -0.556. The summed E-state index contributed by atoms with van der Waals surface area (Å²) in [6.07, 6.45) is -7.04. The average Bonchev–Trinajstić information content (AvgIpc) is 1.97. The van der Waals surface area contributed by atoms with E-state index in [2.05, 4.69) is 10.3 Å². The quantitative estimate of drug-likeness (QED) is 0.399. The molecule has 0 aliphatic rings. The maximum atomic E-state index is 11.6. The summed E-state index contributed by atoms with van der Waals surface area (Å²) in [5.41, 5.74) is 5.02. The zero-order chi connectivity index (χ0) is 9.78. The molecule has 0 unspecified atom stereocenters. The van der Waals surface area contributed by atoms with Crippen molar-refractivity contribution in [2.24, 2.45) is 10.7 Å². The molecule has 0 amide bonds. The summed E-state index contributed by atoms with van der Waals surface area (Å²) in [5.74, 6) is -0.140. The first-order chi connectivity index (χ1) is 5.38. The van der Waals surface area contributed by atoms with Gasteiger partial charge in [-0.05, 0) is 0 Å². The van der Waals surface area contributed by atoms with Crippen molar-refractivity contribution in [1.82, 2.24) is 5.32 Å². The monoisotopic (exact) mass is 185 g/mol. The Labute approximate surface area is 67.3 Å². The van der Waals surface area contributed by atoms with Crippen LogP contribution in [0.1, 0.15) is 0 Å². The van der Waals surface area contributed by atoms with Crippen molar-refractivity contribution >= 4 is 5.96 Å². The van der Waals surface area contributed by atoms with E-state index in [1.807, 2.05) is 0 Å². The van der Waals surface area contributed by atoms with Gasteiger partial charge in [-0.25, -0.2) is 0 Å². The summed E-state index contributed by atoms with van der Waals surface area (Å²) < 4.78 is 34.9. The molecule has 7 heteroatoms. The van der Waals surface area contributed by atoms with E-state index in [1.165, 1.54) is 7.05 Å². The molecular formula is C5H10F3N3O. The minimum atomic E-state index is -4.62. The lowest BCUT2D eigenvalue weighted by atomic mass is 10.3. The number of nitrogens with two attached hydrogens (primary N) is 1. The summed E-state index contributed by atoms with van der Waals surface area (Å²) in [5, 5.41) is 10.5. The van der Waals surface area contributed by atoms with Crippen molar-refractivity contribution < 1.29 is 18.3 Å². The molecule has 4 nitrogen and oxygen atoms in total. The molecule has 0 aromatic rings. The van der Waals surface area contributed by atoms with E-state index < -0.39 is 18.8 Å². The first kappa shape index (κ1) is 11.0. The second-order valence-corrected chi connectivity index (χ2v) is 2.05. The number of nitrogens with zero attached hydrogens (tertiary/aromatic N) is 1. The summed E-state index contributed by atoms with van der Waals surface area (Å²) in [7, 11) is 1.32. The fourth-order valence-electron chi connectivity index (χ4n) is 0.396. The van der Waals surface area contributed by atoms with Gasteiger partial charge in [0.05, 0.1) is 6.54 Å². The van der Waals surface area contributed by atoms with E-state index in [-0.39, 0.29) is 5.96 Å². The normalized spacial score (nSPS) is 15.9. The molecule has 0 aromatic heterocycles. The highest BCUT2D eigenvalue weighted by Crippen LogP contribution is 2.18. The van der Waals surface area contributed by atoms with Gasteiger partial charge < -0.3 is 16.2 Å². The van der Waals surface area contributed by atoms with Gasteiger partial charge in [0.25, 0.3) is 0 Å². The molecule has 0 saturated heterocycles. The Morgan fingerprint density at radius 3 is 2.50 bits per heavy atom. The van der Waals surface area contributed by atoms with Crippen molar-refractivity contribution in [3.8, 4) is 0 Å². The fourth-order valence-corrected chi connectivity index (χ4v) is 0.396. The number of aliphatic hydroxyl groups excluding tert-OH is 1. The fraction of sp³-hybridized carbons (Fsp3) is 0.800. The van der Waals surface area contributed by atoms with Gasteiger partial charge in [0.1, 0.15) is 0 Å². The lowest BCUT2D eigenvalue weighted by molar-refractivity contribution is -0.201. The van der Waals surface area contributed by atoms with Crippen LogP contribution < -0.4 is 11.1 Å². The van der Waals surface area contributed by atoms with Gasteiger partial charge in [-0.15, -0.1) is 0 Å². The zero-order valence-corrected chi connectivity index (χ0v) is 6.39. The second-order valence-electron chi connectivity index (χ2n) is 2.05. The van der Waals surface area contributed by atoms with Crippen LogP contribution in [0.2, 0.25) is 0 Å². The number of halogens is 3. The maximum Gasteiger partial charge on any atom is 0.416 e. The molecule has 0 saturated carbocycles. The molecule has 0 rings (SSSR count). The summed E-state index contributed by atoms with van der Waals surface area (Å²) in [6.45, 7) is -0.688. The molecule has 0 aromatic carbocycles. The highest BCUT2D eigenvalue weighted by atomic mass is 19.4. The number of aliphatic hydroxyl groups is 1. The minimum Gasteiger partial charge on any atom is -0.382 e. The van der Waals surface area contributed by atoms with Crippen LogP contribution in [0.3, 0.4) is 0 Å². The summed E-state index contributed by atoms with van der Waals surface area (Å²) in [4.78, 5) is 3.35. The Bertz CT molecular complexity index is 168. The van der Waals surface area contributed by atoms with E-state index in [9.17, 15) is 13.2 Å². The van der Waals surface area contributed by atoms with Crippen LogP contribution in [0.15, 0.2) is 4.99 Å². The summed E-state index contributed by atoms with van der Waals surface area (Å²) >= 11 is 0. The molecule has 0 aliphatic heterocycles.